The van der Waals surface area contributed by atoms with Crippen molar-refractivity contribution >= 4 is 14.7 Å². The molecule has 0 aliphatic heterocycles. The Hall–Kier alpha value is -1.21. The molecule has 0 unspecified atom stereocenters. The lowest BCUT2D eigenvalue weighted by Crippen LogP contribution is -1.99. The van der Waals surface area contributed by atoms with Gasteiger partial charge in [-0.3, -0.25) is 0 Å². The molecular weight excluding hydrogens is 267 g/mol. The third kappa shape index (κ3) is 3.94. The van der Waals surface area contributed by atoms with E-state index in [1.54, 1.807) is 0 Å². The molecule has 0 amide bonds. The van der Waals surface area contributed by atoms with Crippen LogP contribution in [0.15, 0.2) is 6.58 Å². The minimum absolute atomic E-state index is 0.621. The second kappa shape index (κ2) is 6.51. The van der Waals surface area contributed by atoms with Crippen molar-refractivity contribution in [3.63, 3.8) is 0 Å². The van der Waals surface area contributed by atoms with Crippen molar-refractivity contribution < 1.29 is 37.3 Å². The third-order valence-electron chi connectivity index (χ3n) is 1.48. The Morgan fingerprint density at radius 3 is 1.41 bits per heavy atom. The Balaban J connectivity index is 0.000000557. The van der Waals surface area contributed by atoms with Gasteiger partial charge in [-0.2, -0.15) is 8.78 Å². The van der Waals surface area contributed by atoms with Gasteiger partial charge in [0.2, 0.25) is 11.6 Å². The number of phenols is 1. The van der Waals surface area contributed by atoms with Crippen LogP contribution in [0.1, 0.15) is 5.56 Å². The summed E-state index contributed by atoms with van der Waals surface area (Å²) >= 11 is 0. The van der Waals surface area contributed by atoms with E-state index in [9.17, 15) is 17.6 Å². The lowest BCUT2D eigenvalue weighted by molar-refractivity contribution is 0.355. The van der Waals surface area contributed by atoms with E-state index in [-0.39, 0.29) is 0 Å². The fraction of sp³-hybridized carbons (Fsp3) is 0. The normalized spacial score (nSPS) is 9.88. The summed E-state index contributed by atoms with van der Waals surface area (Å²) in [6.07, 6.45) is 0.621. The van der Waals surface area contributed by atoms with E-state index in [1.807, 2.05) is 0 Å². The average molecular weight is 274 g/mol. The van der Waals surface area contributed by atoms with Crippen LogP contribution >= 0.6 is 8.60 Å². The molecule has 1 aromatic rings. The number of hydrogen-bond donors (Lipinski definition) is 4. The standard InChI is InChI=1S/C8H4F4O.H3O3P/c1-2-3-4(9)6(11)8(13)7(12)5(3)10;1-4(2)3/h2,13H,1H2;1-3H. The van der Waals surface area contributed by atoms with Gasteiger partial charge >= 0.3 is 8.60 Å². The van der Waals surface area contributed by atoms with Gasteiger partial charge in [0.1, 0.15) is 0 Å². The molecular formula is C8H7F4O4P. The molecule has 0 heterocycles. The van der Waals surface area contributed by atoms with Crippen LogP contribution in [0.5, 0.6) is 5.75 Å². The van der Waals surface area contributed by atoms with Gasteiger partial charge in [0.05, 0.1) is 5.56 Å². The predicted octanol–water partition coefficient (Wildman–Crippen LogP) is 1.78. The van der Waals surface area contributed by atoms with Gasteiger partial charge in [-0.1, -0.05) is 12.7 Å². The van der Waals surface area contributed by atoms with Crippen molar-refractivity contribution in [2.45, 2.75) is 0 Å². The number of halogens is 4. The smallest absolute Gasteiger partial charge is 0.324 e. The molecule has 9 heteroatoms. The predicted molar refractivity (Wildman–Crippen MR) is 51.6 cm³/mol. The Morgan fingerprint density at radius 1 is 0.882 bits per heavy atom. The number of aromatic hydroxyl groups is 1. The molecule has 0 spiro atoms. The van der Waals surface area contributed by atoms with E-state index in [4.69, 9.17) is 19.8 Å². The molecule has 0 radical (unpaired) electrons. The number of hydrogen-bond acceptors (Lipinski definition) is 4. The molecule has 0 fully saturated rings. The Morgan fingerprint density at radius 2 is 1.18 bits per heavy atom. The molecule has 17 heavy (non-hydrogen) atoms. The van der Waals surface area contributed by atoms with Gasteiger partial charge in [0.25, 0.3) is 0 Å². The first-order valence-corrected chi connectivity index (χ1v) is 4.98. The fourth-order valence-corrected chi connectivity index (χ4v) is 0.816. The van der Waals surface area contributed by atoms with Gasteiger partial charge in [0, 0.05) is 0 Å². The minimum Gasteiger partial charge on any atom is -0.503 e. The third-order valence-corrected chi connectivity index (χ3v) is 1.48. The largest absolute Gasteiger partial charge is 0.503 e. The second-order valence-electron chi connectivity index (χ2n) is 2.49. The highest BCUT2D eigenvalue weighted by Gasteiger charge is 2.22. The van der Waals surface area contributed by atoms with E-state index in [2.05, 4.69) is 6.58 Å². The van der Waals surface area contributed by atoms with Crippen LogP contribution in [0.4, 0.5) is 17.6 Å². The first-order chi connectivity index (χ1) is 7.73. The van der Waals surface area contributed by atoms with Crippen LogP contribution in [0.3, 0.4) is 0 Å². The maximum absolute atomic E-state index is 12.7. The Kier molecular flexibility index (Phi) is 6.04. The first kappa shape index (κ1) is 15.8. The summed E-state index contributed by atoms with van der Waals surface area (Å²) in [7, 11) is -2.62. The fourth-order valence-electron chi connectivity index (χ4n) is 0.816. The molecule has 0 bridgehead atoms. The van der Waals surface area contributed by atoms with E-state index >= 15 is 0 Å². The van der Waals surface area contributed by atoms with Gasteiger partial charge < -0.3 is 19.8 Å². The molecule has 0 aromatic heterocycles. The monoisotopic (exact) mass is 274 g/mol. The Labute approximate surface area is 94.1 Å². The van der Waals surface area contributed by atoms with Gasteiger partial charge in [0.15, 0.2) is 17.4 Å². The average Bonchev–Trinajstić information content (AvgIpc) is 2.24. The molecule has 0 aliphatic rings. The summed E-state index contributed by atoms with van der Waals surface area (Å²) in [6, 6.07) is 0. The zero-order valence-corrected chi connectivity index (χ0v) is 8.93. The SMILES string of the molecule is C=Cc1c(F)c(F)c(O)c(F)c1F.OP(O)O. The van der Waals surface area contributed by atoms with Gasteiger partial charge in [-0.25, -0.2) is 8.78 Å². The quantitative estimate of drug-likeness (QED) is 0.357. The number of benzene rings is 1. The van der Waals surface area contributed by atoms with E-state index in [0.29, 0.717) is 6.08 Å². The molecule has 0 aliphatic carbocycles. The zero-order chi connectivity index (χ0) is 13.7. The van der Waals surface area contributed by atoms with Crippen LogP contribution in [0.25, 0.3) is 6.08 Å². The molecule has 0 atom stereocenters. The van der Waals surface area contributed by atoms with Crippen molar-refractivity contribution in [3.8, 4) is 5.75 Å². The van der Waals surface area contributed by atoms with Crippen LogP contribution in [-0.4, -0.2) is 19.8 Å². The number of rotatable bonds is 1. The van der Waals surface area contributed by atoms with E-state index < -0.39 is 43.2 Å². The van der Waals surface area contributed by atoms with Crippen molar-refractivity contribution in [2.24, 2.45) is 0 Å². The number of phenolic OH excluding ortho intramolecular Hbond substituents is 1. The van der Waals surface area contributed by atoms with Crippen molar-refractivity contribution in [2.75, 3.05) is 0 Å². The van der Waals surface area contributed by atoms with Gasteiger partial charge in [-0.05, 0) is 0 Å². The summed E-state index contributed by atoms with van der Waals surface area (Å²) in [5.41, 5.74) is -0.937. The molecule has 0 saturated heterocycles. The van der Waals surface area contributed by atoms with Crippen molar-refractivity contribution in [3.05, 3.63) is 35.4 Å². The van der Waals surface area contributed by atoms with Crippen LogP contribution < -0.4 is 0 Å². The second-order valence-corrected chi connectivity index (χ2v) is 3.03. The lowest BCUT2D eigenvalue weighted by atomic mass is 10.1. The van der Waals surface area contributed by atoms with Crippen molar-refractivity contribution in [1.29, 1.82) is 0 Å². The van der Waals surface area contributed by atoms with Crippen molar-refractivity contribution in [1.82, 2.24) is 0 Å². The summed E-state index contributed by atoms with van der Waals surface area (Å²) in [5, 5.41) is 8.52. The molecule has 96 valence electrons. The highest BCUT2D eigenvalue weighted by Crippen LogP contribution is 2.28. The van der Waals surface area contributed by atoms with E-state index in [1.165, 1.54) is 0 Å². The molecule has 4 nitrogen and oxygen atoms in total. The maximum atomic E-state index is 12.7. The summed E-state index contributed by atoms with van der Waals surface area (Å²) in [5.74, 6) is -8.64. The first-order valence-electron chi connectivity index (χ1n) is 3.78. The molecule has 4 N–H and O–H groups in total. The highest BCUT2D eigenvalue weighted by molar-refractivity contribution is 7.38. The molecule has 1 aromatic carbocycles. The molecule has 0 saturated carbocycles. The van der Waals surface area contributed by atoms with E-state index in [0.717, 1.165) is 0 Å². The summed E-state index contributed by atoms with van der Waals surface area (Å²) < 4.78 is 50.5. The zero-order valence-electron chi connectivity index (χ0n) is 8.03. The highest BCUT2D eigenvalue weighted by atomic mass is 31.2. The van der Waals surface area contributed by atoms with Crippen LogP contribution in [0.2, 0.25) is 0 Å². The Bertz CT molecular complexity index is 393. The molecule has 1 rings (SSSR count). The van der Waals surface area contributed by atoms with Gasteiger partial charge in [-0.15, -0.1) is 0 Å². The lowest BCUT2D eigenvalue weighted by Gasteiger charge is -2.04. The van der Waals surface area contributed by atoms with Crippen LogP contribution in [0, 0.1) is 23.3 Å². The minimum atomic E-state index is -2.62. The van der Waals surface area contributed by atoms with Crippen LogP contribution in [-0.2, 0) is 0 Å². The maximum Gasteiger partial charge on any atom is 0.324 e. The topological polar surface area (TPSA) is 80.9 Å². The summed E-state index contributed by atoms with van der Waals surface area (Å²) in [4.78, 5) is 21.7. The summed E-state index contributed by atoms with van der Waals surface area (Å²) in [6.45, 7) is 2.97.